The van der Waals surface area contributed by atoms with Crippen molar-refractivity contribution in [3.63, 3.8) is 0 Å². The van der Waals surface area contributed by atoms with Crippen LogP contribution in [0.3, 0.4) is 0 Å². The maximum Gasteiger partial charge on any atom is 0.255 e. The molecule has 3 rings (SSSR count). The van der Waals surface area contributed by atoms with E-state index in [0.29, 0.717) is 12.2 Å². The summed E-state index contributed by atoms with van der Waals surface area (Å²) in [7, 11) is 1.85. The lowest BCUT2D eigenvalue weighted by Gasteiger charge is -2.16. The topological polar surface area (TPSA) is 56.2 Å². The average Bonchev–Trinajstić information content (AvgIpc) is 3.14. The second-order valence-electron chi connectivity index (χ2n) is 6.78. The number of hydrogen-bond donors (Lipinski definition) is 1. The molecule has 1 aromatic carbocycles. The van der Waals surface area contributed by atoms with Crippen LogP contribution < -0.4 is 5.32 Å². The highest BCUT2D eigenvalue weighted by molar-refractivity contribution is 5.95. The summed E-state index contributed by atoms with van der Waals surface area (Å²) in [5.74, 6) is 0.139. The molecule has 0 unspecified atom stereocenters. The summed E-state index contributed by atoms with van der Waals surface area (Å²) < 4.78 is 7.16. The molecule has 1 amide bonds. The molecular weight excluding hydrogens is 302 g/mol. The van der Waals surface area contributed by atoms with Gasteiger partial charge in [0.1, 0.15) is 0 Å². The van der Waals surface area contributed by atoms with E-state index < -0.39 is 0 Å². The van der Waals surface area contributed by atoms with Crippen LogP contribution in [0.1, 0.15) is 58.0 Å². The second-order valence-corrected chi connectivity index (χ2v) is 6.78. The summed E-state index contributed by atoms with van der Waals surface area (Å²) in [5, 5.41) is 7.61. The van der Waals surface area contributed by atoms with Crippen LogP contribution in [0.4, 0.5) is 0 Å². The van der Waals surface area contributed by atoms with Gasteiger partial charge in [-0.1, -0.05) is 29.3 Å². The number of nitrogens with one attached hydrogen (secondary N) is 1. The van der Waals surface area contributed by atoms with Crippen LogP contribution in [-0.4, -0.2) is 28.9 Å². The zero-order chi connectivity index (χ0) is 17.3. The van der Waals surface area contributed by atoms with Gasteiger partial charge >= 0.3 is 0 Å². The van der Waals surface area contributed by atoms with Crippen molar-refractivity contribution in [3.8, 4) is 0 Å². The van der Waals surface area contributed by atoms with E-state index in [0.717, 1.165) is 24.3 Å². The molecular formula is C19H25N3O2. The molecule has 1 aliphatic heterocycles. The molecule has 0 saturated carbocycles. The Morgan fingerprint density at radius 1 is 1.33 bits per heavy atom. The van der Waals surface area contributed by atoms with Gasteiger partial charge in [0.15, 0.2) is 0 Å². The van der Waals surface area contributed by atoms with Crippen LogP contribution in [-0.2, 0) is 11.8 Å². The summed E-state index contributed by atoms with van der Waals surface area (Å²) in [6, 6.07) is 6.32. The third kappa shape index (κ3) is 3.51. The molecule has 1 aromatic heterocycles. The van der Waals surface area contributed by atoms with E-state index >= 15 is 0 Å². The minimum Gasteiger partial charge on any atom is -0.381 e. The van der Waals surface area contributed by atoms with Crippen molar-refractivity contribution in [1.29, 1.82) is 0 Å². The van der Waals surface area contributed by atoms with Crippen LogP contribution in [0.2, 0.25) is 0 Å². The van der Waals surface area contributed by atoms with Crippen molar-refractivity contribution in [2.45, 2.75) is 39.2 Å². The normalized spacial score (nSPS) is 18.6. The first-order valence-corrected chi connectivity index (χ1v) is 8.44. The van der Waals surface area contributed by atoms with Gasteiger partial charge in [-0.3, -0.25) is 9.48 Å². The molecule has 5 heteroatoms. The van der Waals surface area contributed by atoms with E-state index in [1.807, 2.05) is 14.0 Å². The second kappa shape index (κ2) is 6.77. The molecule has 1 N–H and O–H groups in total. The Balaban J connectivity index is 1.79. The quantitative estimate of drug-likeness (QED) is 0.939. The van der Waals surface area contributed by atoms with Gasteiger partial charge in [-0.2, -0.15) is 5.10 Å². The van der Waals surface area contributed by atoms with Crippen molar-refractivity contribution >= 4 is 5.91 Å². The number of hydrogen-bond acceptors (Lipinski definition) is 3. The third-order valence-electron chi connectivity index (χ3n) is 4.51. The van der Waals surface area contributed by atoms with E-state index in [2.05, 4.69) is 42.5 Å². The van der Waals surface area contributed by atoms with Crippen molar-refractivity contribution < 1.29 is 9.53 Å². The van der Waals surface area contributed by atoms with Crippen molar-refractivity contribution in [3.05, 3.63) is 52.3 Å². The molecule has 128 valence electrons. The molecule has 5 nitrogen and oxygen atoms in total. The summed E-state index contributed by atoms with van der Waals surface area (Å²) in [4.78, 5) is 12.8. The fraction of sp³-hybridized carbons (Fsp3) is 0.474. The van der Waals surface area contributed by atoms with Crippen LogP contribution in [0.25, 0.3) is 0 Å². The number of amides is 1. The van der Waals surface area contributed by atoms with Gasteiger partial charge in [-0.15, -0.1) is 0 Å². The lowest BCUT2D eigenvalue weighted by Crippen LogP contribution is -2.27. The number of aryl methyl sites for hydroxylation is 3. The fourth-order valence-corrected chi connectivity index (χ4v) is 3.35. The Kier molecular flexibility index (Phi) is 4.71. The van der Waals surface area contributed by atoms with Gasteiger partial charge < -0.3 is 10.1 Å². The number of carbonyl (C=O) groups excluding carboxylic acids is 1. The van der Waals surface area contributed by atoms with E-state index in [4.69, 9.17) is 4.74 Å². The van der Waals surface area contributed by atoms with Crippen LogP contribution in [0, 0.1) is 13.8 Å². The fourth-order valence-electron chi connectivity index (χ4n) is 3.35. The Hall–Kier alpha value is -2.14. The Morgan fingerprint density at radius 2 is 2.04 bits per heavy atom. The number of nitrogens with zero attached hydrogens (tertiary/aromatic N) is 2. The Morgan fingerprint density at radius 3 is 2.67 bits per heavy atom. The largest absolute Gasteiger partial charge is 0.381 e. The average molecular weight is 327 g/mol. The van der Waals surface area contributed by atoms with Gasteiger partial charge in [0, 0.05) is 25.8 Å². The molecule has 0 radical (unpaired) electrons. The molecule has 0 bridgehead atoms. The number of ether oxygens (including phenoxy) is 1. The highest BCUT2D eigenvalue weighted by Gasteiger charge is 2.27. The van der Waals surface area contributed by atoms with E-state index in [1.165, 1.54) is 11.1 Å². The zero-order valence-electron chi connectivity index (χ0n) is 14.8. The minimum absolute atomic E-state index is 0.0519. The highest BCUT2D eigenvalue weighted by Crippen LogP contribution is 2.27. The summed E-state index contributed by atoms with van der Waals surface area (Å²) in [6.45, 7) is 7.54. The molecule has 24 heavy (non-hydrogen) atoms. The summed E-state index contributed by atoms with van der Waals surface area (Å²) in [5.41, 5.74) is 5.03. The maximum absolute atomic E-state index is 12.8. The highest BCUT2D eigenvalue weighted by atomic mass is 16.5. The van der Waals surface area contributed by atoms with Gasteiger partial charge in [0.25, 0.3) is 5.91 Å². The summed E-state index contributed by atoms with van der Waals surface area (Å²) in [6.07, 6.45) is 2.72. The molecule has 0 spiro atoms. The SMILES string of the molecule is Cc1cc(C)cc([C@@H](C)NC(=O)c2cn(C)nc2[C@H]2CCOC2)c1. The molecule has 2 atom stereocenters. The van der Waals surface area contributed by atoms with E-state index in [-0.39, 0.29) is 17.9 Å². The summed E-state index contributed by atoms with van der Waals surface area (Å²) >= 11 is 0. The van der Waals surface area contributed by atoms with Crippen molar-refractivity contribution in [2.75, 3.05) is 13.2 Å². The standard InChI is InChI=1S/C19H25N3O2/c1-12-7-13(2)9-16(8-12)14(3)20-19(23)17-10-22(4)21-18(17)15-5-6-24-11-15/h7-10,14-15H,5-6,11H2,1-4H3,(H,20,23)/t14-,15+/m1/s1. The first-order chi connectivity index (χ1) is 11.4. The Labute approximate surface area is 143 Å². The first kappa shape index (κ1) is 16.7. The lowest BCUT2D eigenvalue weighted by molar-refractivity contribution is 0.0938. The van der Waals surface area contributed by atoms with E-state index in [1.54, 1.807) is 10.9 Å². The number of rotatable bonds is 4. The van der Waals surface area contributed by atoms with Gasteiger partial charge in [0.05, 0.1) is 23.9 Å². The van der Waals surface area contributed by atoms with Gasteiger partial charge in [0.2, 0.25) is 0 Å². The molecule has 0 aliphatic carbocycles. The van der Waals surface area contributed by atoms with Crippen LogP contribution in [0.15, 0.2) is 24.4 Å². The molecule has 1 saturated heterocycles. The third-order valence-corrected chi connectivity index (χ3v) is 4.51. The van der Waals surface area contributed by atoms with Gasteiger partial charge in [-0.05, 0) is 32.8 Å². The maximum atomic E-state index is 12.8. The van der Waals surface area contributed by atoms with Crippen molar-refractivity contribution in [1.82, 2.24) is 15.1 Å². The minimum atomic E-state index is -0.0725. The van der Waals surface area contributed by atoms with Crippen LogP contribution in [0.5, 0.6) is 0 Å². The van der Waals surface area contributed by atoms with Crippen LogP contribution >= 0.6 is 0 Å². The predicted molar refractivity (Wildman–Crippen MR) is 93.2 cm³/mol. The molecule has 2 aromatic rings. The lowest BCUT2D eigenvalue weighted by atomic mass is 9.99. The molecule has 2 heterocycles. The smallest absolute Gasteiger partial charge is 0.255 e. The molecule has 1 aliphatic rings. The number of benzene rings is 1. The zero-order valence-corrected chi connectivity index (χ0v) is 14.8. The first-order valence-electron chi connectivity index (χ1n) is 8.44. The number of aromatic nitrogens is 2. The predicted octanol–water partition coefficient (Wildman–Crippen LogP) is 3.03. The number of carbonyl (C=O) groups is 1. The monoisotopic (exact) mass is 327 g/mol. The molecule has 1 fully saturated rings. The Bertz CT molecular complexity index is 725. The van der Waals surface area contributed by atoms with Crippen molar-refractivity contribution in [2.24, 2.45) is 7.05 Å². The van der Waals surface area contributed by atoms with E-state index in [9.17, 15) is 4.79 Å². The van der Waals surface area contributed by atoms with Gasteiger partial charge in [-0.25, -0.2) is 0 Å².